The molecule has 2 unspecified atom stereocenters. The maximum absolute atomic E-state index is 6.55. The number of hydrogen-bond donors (Lipinski definition) is 0. The van der Waals surface area contributed by atoms with Crippen molar-refractivity contribution in [3.63, 3.8) is 0 Å². The molecule has 0 aliphatic carbocycles. The lowest BCUT2D eigenvalue weighted by Crippen LogP contribution is -2.37. The monoisotopic (exact) mass is 470 g/mol. The number of aromatic nitrogens is 2. The highest BCUT2D eigenvalue weighted by atomic mass is 35.5. The minimum atomic E-state index is -0.644. The van der Waals surface area contributed by atoms with Crippen molar-refractivity contribution in [3.8, 4) is 0 Å². The van der Waals surface area contributed by atoms with E-state index in [9.17, 15) is 0 Å². The minimum Gasteiger partial charge on any atom is -0.345 e. The van der Waals surface area contributed by atoms with Gasteiger partial charge in [-0.3, -0.25) is 0 Å². The van der Waals surface area contributed by atoms with E-state index in [1.807, 2.05) is 41.4 Å². The summed E-state index contributed by atoms with van der Waals surface area (Å²) in [5, 5.41) is 0.754. The fraction of sp³-hybridized carbons (Fsp3) is 0.423. The molecule has 2 aromatic carbocycles. The number of hydrogen-bond acceptors (Lipinski definition) is 4. The molecule has 1 saturated heterocycles. The summed E-state index contributed by atoms with van der Waals surface area (Å²) in [7, 11) is 0. The van der Waals surface area contributed by atoms with Crippen LogP contribution in [0.15, 0.2) is 72.1 Å². The SMILES string of the molecule is CC(C)(C)c1ccc(CCC2(Cn3ccnc3)OCC(CSc3ccc(Cl)cc3)O2)cc1. The van der Waals surface area contributed by atoms with Gasteiger partial charge in [0.15, 0.2) is 5.79 Å². The Bertz CT molecular complexity index is 984. The molecule has 2 heterocycles. The molecule has 1 aromatic heterocycles. The second kappa shape index (κ2) is 10.0. The zero-order chi connectivity index (χ0) is 22.6. The maximum atomic E-state index is 6.55. The number of ether oxygens (including phenoxy) is 2. The predicted octanol–water partition coefficient (Wildman–Crippen LogP) is 6.37. The van der Waals surface area contributed by atoms with Crippen LogP contribution < -0.4 is 0 Å². The molecule has 6 heteroatoms. The van der Waals surface area contributed by atoms with Crippen molar-refractivity contribution in [3.05, 3.63) is 83.4 Å². The third-order valence-corrected chi connectivity index (χ3v) is 7.16. The number of benzene rings is 2. The second-order valence-corrected chi connectivity index (χ2v) is 10.9. The summed E-state index contributed by atoms with van der Waals surface area (Å²) < 4.78 is 14.9. The maximum Gasteiger partial charge on any atom is 0.187 e. The van der Waals surface area contributed by atoms with Gasteiger partial charge < -0.3 is 14.0 Å². The largest absolute Gasteiger partial charge is 0.345 e. The van der Waals surface area contributed by atoms with E-state index in [1.54, 1.807) is 18.0 Å². The van der Waals surface area contributed by atoms with Crippen LogP contribution in [0.2, 0.25) is 5.02 Å². The quantitative estimate of drug-likeness (QED) is 0.358. The van der Waals surface area contributed by atoms with Crippen molar-refractivity contribution >= 4 is 23.4 Å². The molecule has 0 bridgehead atoms. The van der Waals surface area contributed by atoms with E-state index in [2.05, 4.69) is 50.0 Å². The molecule has 0 amide bonds. The summed E-state index contributed by atoms with van der Waals surface area (Å²) in [4.78, 5) is 5.37. The minimum absolute atomic E-state index is 0.0440. The third kappa shape index (κ3) is 6.16. The van der Waals surface area contributed by atoms with Crippen LogP contribution in [0.5, 0.6) is 0 Å². The van der Waals surface area contributed by atoms with E-state index in [0.29, 0.717) is 13.2 Å². The van der Waals surface area contributed by atoms with Gasteiger partial charge in [0.25, 0.3) is 0 Å². The summed E-state index contributed by atoms with van der Waals surface area (Å²) in [5.41, 5.74) is 2.81. The van der Waals surface area contributed by atoms with Crippen LogP contribution in [0.3, 0.4) is 0 Å². The molecule has 4 rings (SSSR count). The van der Waals surface area contributed by atoms with Crippen molar-refractivity contribution in [2.24, 2.45) is 0 Å². The number of rotatable bonds is 8. The Hall–Kier alpha value is -1.79. The van der Waals surface area contributed by atoms with Crippen molar-refractivity contribution in [1.82, 2.24) is 9.55 Å². The zero-order valence-electron chi connectivity index (χ0n) is 19.0. The summed E-state index contributed by atoms with van der Waals surface area (Å²) in [5.74, 6) is 0.197. The lowest BCUT2D eigenvalue weighted by Gasteiger charge is -2.29. The number of nitrogens with zero attached hydrogens (tertiary/aromatic N) is 2. The molecule has 0 saturated carbocycles. The molecule has 0 N–H and O–H groups in total. The van der Waals surface area contributed by atoms with Gasteiger partial charge in [0.1, 0.15) is 0 Å². The first-order valence-electron chi connectivity index (χ1n) is 11.1. The predicted molar refractivity (Wildman–Crippen MR) is 131 cm³/mol. The lowest BCUT2D eigenvalue weighted by atomic mass is 9.86. The van der Waals surface area contributed by atoms with E-state index in [0.717, 1.165) is 23.6 Å². The van der Waals surface area contributed by atoms with Gasteiger partial charge in [-0.15, -0.1) is 11.8 Å². The Morgan fingerprint density at radius 1 is 1.12 bits per heavy atom. The molecule has 4 nitrogen and oxygen atoms in total. The summed E-state index contributed by atoms with van der Waals surface area (Å²) >= 11 is 7.77. The van der Waals surface area contributed by atoms with Gasteiger partial charge in [0, 0.05) is 34.5 Å². The standard InChI is InChI=1S/C26H31ClN2O2S/c1-25(2,3)21-6-4-20(5-7-21)12-13-26(18-29-15-14-28-19-29)30-16-23(31-26)17-32-24-10-8-22(27)9-11-24/h4-11,14-15,19,23H,12-13,16-18H2,1-3H3. The molecule has 0 spiro atoms. The first-order chi connectivity index (χ1) is 15.3. The molecule has 32 heavy (non-hydrogen) atoms. The van der Waals surface area contributed by atoms with Gasteiger partial charge in [0.05, 0.1) is 25.6 Å². The molecule has 3 aromatic rings. The van der Waals surface area contributed by atoms with Gasteiger partial charge in [0.2, 0.25) is 0 Å². The van der Waals surface area contributed by atoms with E-state index in [4.69, 9.17) is 21.1 Å². The average Bonchev–Trinajstić information content (AvgIpc) is 3.42. The fourth-order valence-electron chi connectivity index (χ4n) is 3.88. The van der Waals surface area contributed by atoms with Crippen LogP contribution in [-0.2, 0) is 27.9 Å². The molecular weight excluding hydrogens is 440 g/mol. The first-order valence-corrected chi connectivity index (χ1v) is 12.4. The van der Waals surface area contributed by atoms with Crippen LogP contribution in [0, 0.1) is 0 Å². The van der Waals surface area contributed by atoms with Gasteiger partial charge in [-0.25, -0.2) is 4.98 Å². The Balaban J connectivity index is 1.40. The molecule has 0 radical (unpaired) electrons. The van der Waals surface area contributed by atoms with Gasteiger partial charge in [-0.05, 0) is 47.2 Å². The molecule has 1 fully saturated rings. The number of imidazole rings is 1. The van der Waals surface area contributed by atoms with E-state index in [1.165, 1.54) is 16.0 Å². The number of halogens is 1. The molecular formula is C26H31ClN2O2S. The van der Waals surface area contributed by atoms with Crippen LogP contribution >= 0.6 is 23.4 Å². The number of aryl methyl sites for hydroxylation is 1. The summed E-state index contributed by atoms with van der Waals surface area (Å²) in [6, 6.07) is 16.9. The fourth-order valence-corrected chi connectivity index (χ4v) is 4.87. The molecule has 2 atom stereocenters. The van der Waals surface area contributed by atoms with Gasteiger partial charge in [-0.1, -0.05) is 56.6 Å². The summed E-state index contributed by atoms with van der Waals surface area (Å²) in [6.07, 6.45) is 7.31. The van der Waals surface area contributed by atoms with Crippen LogP contribution in [0.1, 0.15) is 38.3 Å². The molecule has 1 aliphatic rings. The highest BCUT2D eigenvalue weighted by Gasteiger charge is 2.41. The number of thioether (sulfide) groups is 1. The Morgan fingerprint density at radius 3 is 2.53 bits per heavy atom. The molecule has 170 valence electrons. The smallest absolute Gasteiger partial charge is 0.187 e. The third-order valence-electron chi connectivity index (χ3n) is 5.76. The topological polar surface area (TPSA) is 36.3 Å². The Morgan fingerprint density at radius 2 is 1.88 bits per heavy atom. The average molecular weight is 471 g/mol. The van der Waals surface area contributed by atoms with E-state index in [-0.39, 0.29) is 11.5 Å². The van der Waals surface area contributed by atoms with E-state index >= 15 is 0 Å². The molecule has 1 aliphatic heterocycles. The van der Waals surface area contributed by atoms with Gasteiger partial charge >= 0.3 is 0 Å². The second-order valence-electron chi connectivity index (χ2n) is 9.41. The van der Waals surface area contributed by atoms with Gasteiger partial charge in [-0.2, -0.15) is 0 Å². The van der Waals surface area contributed by atoms with Crippen LogP contribution in [0.4, 0.5) is 0 Å². The van der Waals surface area contributed by atoms with Crippen LogP contribution in [-0.4, -0.2) is 33.8 Å². The highest BCUT2D eigenvalue weighted by molar-refractivity contribution is 7.99. The van der Waals surface area contributed by atoms with E-state index < -0.39 is 5.79 Å². The zero-order valence-corrected chi connectivity index (χ0v) is 20.5. The Kier molecular flexibility index (Phi) is 7.30. The van der Waals surface area contributed by atoms with Crippen molar-refractivity contribution in [2.45, 2.75) is 62.4 Å². The van der Waals surface area contributed by atoms with Crippen LogP contribution in [0.25, 0.3) is 0 Å². The summed E-state index contributed by atoms with van der Waals surface area (Å²) in [6.45, 7) is 7.95. The lowest BCUT2D eigenvalue weighted by molar-refractivity contribution is -0.180. The highest BCUT2D eigenvalue weighted by Crippen LogP contribution is 2.34. The van der Waals surface area contributed by atoms with Crippen molar-refractivity contribution in [2.75, 3.05) is 12.4 Å². The first kappa shape index (κ1) is 23.4. The normalized spacial score (nSPS) is 21.2. The van der Waals surface area contributed by atoms with Crippen molar-refractivity contribution < 1.29 is 9.47 Å². The Labute approximate surface area is 200 Å². The van der Waals surface area contributed by atoms with Crippen molar-refractivity contribution in [1.29, 1.82) is 0 Å².